The Labute approximate surface area is 137 Å². The van der Waals surface area contributed by atoms with Gasteiger partial charge in [-0.3, -0.25) is 14.9 Å². The summed E-state index contributed by atoms with van der Waals surface area (Å²) in [5, 5.41) is 14.5. The van der Waals surface area contributed by atoms with E-state index in [9.17, 15) is 14.9 Å². The second kappa shape index (κ2) is 7.55. The second-order valence-corrected chi connectivity index (χ2v) is 6.48. The van der Waals surface area contributed by atoms with Crippen molar-refractivity contribution in [1.82, 2.24) is 10.2 Å². The molecule has 0 saturated heterocycles. The van der Waals surface area contributed by atoms with E-state index in [0.29, 0.717) is 0 Å². The minimum absolute atomic E-state index is 0.0398. The highest BCUT2D eigenvalue weighted by molar-refractivity contribution is 5.73. The molecular weight excluding hydrogens is 294 g/mol. The van der Waals surface area contributed by atoms with E-state index in [-0.39, 0.29) is 34.5 Å². The van der Waals surface area contributed by atoms with Gasteiger partial charge in [-0.25, -0.2) is 0 Å². The average molecular weight is 319 g/mol. The molecule has 1 saturated carbocycles. The van der Waals surface area contributed by atoms with Crippen molar-refractivity contribution in [2.24, 2.45) is 5.92 Å². The molecule has 0 bridgehead atoms. The molecule has 126 valence electrons. The average Bonchev–Trinajstić information content (AvgIpc) is 2.48. The molecule has 6 heteroatoms. The largest absolute Gasteiger partial charge is 0.353 e. The molecule has 0 heterocycles. The van der Waals surface area contributed by atoms with Crippen molar-refractivity contribution in [3.63, 3.8) is 0 Å². The Morgan fingerprint density at radius 3 is 2.57 bits per heavy atom. The highest BCUT2D eigenvalue weighted by Crippen LogP contribution is 2.40. The standard InChI is InChI=1S/C17H25N3O3/c1-12(21)18-15-10-6-4-8-13(15)17(19(2)3)14-9-5-7-11-16(14)20(22)23/h5,7,9,11,13,15,17H,4,6,8,10H2,1-3H3,(H,18,21)/t13-,15-,17?/m1/s1. The number of para-hydroxylation sites is 1. The maximum Gasteiger partial charge on any atom is 0.274 e. The molecule has 1 aromatic carbocycles. The summed E-state index contributed by atoms with van der Waals surface area (Å²) in [6.45, 7) is 1.53. The molecule has 1 aliphatic carbocycles. The van der Waals surface area contributed by atoms with E-state index >= 15 is 0 Å². The van der Waals surface area contributed by atoms with Gasteiger partial charge in [0.15, 0.2) is 0 Å². The molecule has 1 fully saturated rings. The molecule has 1 aromatic rings. The van der Waals surface area contributed by atoms with Crippen LogP contribution in [0.4, 0.5) is 5.69 Å². The van der Waals surface area contributed by atoms with Gasteiger partial charge in [-0.1, -0.05) is 31.0 Å². The van der Waals surface area contributed by atoms with Crippen molar-refractivity contribution in [2.45, 2.75) is 44.7 Å². The second-order valence-electron chi connectivity index (χ2n) is 6.48. The lowest BCUT2D eigenvalue weighted by Crippen LogP contribution is -2.46. The predicted octanol–water partition coefficient (Wildman–Crippen LogP) is 2.89. The summed E-state index contributed by atoms with van der Waals surface area (Å²) in [4.78, 5) is 24.7. The van der Waals surface area contributed by atoms with Gasteiger partial charge in [-0.15, -0.1) is 0 Å². The minimum Gasteiger partial charge on any atom is -0.353 e. The fourth-order valence-electron chi connectivity index (χ4n) is 3.77. The van der Waals surface area contributed by atoms with Crippen LogP contribution in [0.5, 0.6) is 0 Å². The Kier molecular flexibility index (Phi) is 5.71. The lowest BCUT2D eigenvalue weighted by Gasteiger charge is -2.40. The van der Waals surface area contributed by atoms with Gasteiger partial charge in [0.25, 0.3) is 5.69 Å². The lowest BCUT2D eigenvalue weighted by molar-refractivity contribution is -0.386. The number of carbonyl (C=O) groups excluding carboxylic acids is 1. The maximum atomic E-state index is 11.5. The van der Waals surface area contributed by atoms with Gasteiger partial charge in [0.05, 0.1) is 4.92 Å². The van der Waals surface area contributed by atoms with Crippen LogP contribution >= 0.6 is 0 Å². The first-order valence-corrected chi connectivity index (χ1v) is 8.08. The van der Waals surface area contributed by atoms with E-state index in [2.05, 4.69) is 5.32 Å². The number of amides is 1. The van der Waals surface area contributed by atoms with Crippen molar-refractivity contribution >= 4 is 11.6 Å². The van der Waals surface area contributed by atoms with Crippen LogP contribution in [0.25, 0.3) is 0 Å². The molecule has 1 amide bonds. The fourth-order valence-corrected chi connectivity index (χ4v) is 3.77. The van der Waals surface area contributed by atoms with Crippen LogP contribution in [0.1, 0.15) is 44.2 Å². The number of hydrogen-bond acceptors (Lipinski definition) is 4. The van der Waals surface area contributed by atoms with Gasteiger partial charge < -0.3 is 10.2 Å². The van der Waals surface area contributed by atoms with Gasteiger partial charge in [0, 0.05) is 30.6 Å². The van der Waals surface area contributed by atoms with Crippen LogP contribution in [0.2, 0.25) is 0 Å². The first-order valence-electron chi connectivity index (χ1n) is 8.08. The smallest absolute Gasteiger partial charge is 0.274 e. The monoisotopic (exact) mass is 319 g/mol. The molecule has 2 rings (SSSR count). The van der Waals surface area contributed by atoms with Gasteiger partial charge in [0.1, 0.15) is 0 Å². The van der Waals surface area contributed by atoms with Crippen molar-refractivity contribution in [1.29, 1.82) is 0 Å². The SMILES string of the molecule is CC(=O)N[C@@H]1CCCC[C@H]1C(c1ccccc1[N+](=O)[O-])N(C)C. The number of hydrogen-bond donors (Lipinski definition) is 1. The number of rotatable bonds is 5. The van der Waals surface area contributed by atoms with Gasteiger partial charge in [0.2, 0.25) is 5.91 Å². The molecule has 1 aliphatic rings. The normalized spacial score (nSPS) is 22.6. The molecule has 6 nitrogen and oxygen atoms in total. The van der Waals surface area contributed by atoms with Gasteiger partial charge in [-0.2, -0.15) is 0 Å². The van der Waals surface area contributed by atoms with Crippen molar-refractivity contribution < 1.29 is 9.72 Å². The molecule has 23 heavy (non-hydrogen) atoms. The third-order valence-corrected chi connectivity index (χ3v) is 4.62. The van der Waals surface area contributed by atoms with Crippen LogP contribution in [-0.4, -0.2) is 35.9 Å². The van der Waals surface area contributed by atoms with Crippen molar-refractivity contribution in [3.8, 4) is 0 Å². The summed E-state index contributed by atoms with van der Waals surface area (Å²) in [6.07, 6.45) is 4.05. The number of carbonyl (C=O) groups is 1. The Bertz CT molecular complexity index is 574. The zero-order valence-corrected chi connectivity index (χ0v) is 14.0. The van der Waals surface area contributed by atoms with Crippen LogP contribution in [0.3, 0.4) is 0 Å². The predicted molar refractivity (Wildman–Crippen MR) is 89.1 cm³/mol. The van der Waals surface area contributed by atoms with E-state index in [4.69, 9.17) is 0 Å². The van der Waals surface area contributed by atoms with E-state index < -0.39 is 0 Å². The van der Waals surface area contributed by atoms with Crippen LogP contribution in [0, 0.1) is 16.0 Å². The van der Waals surface area contributed by atoms with Crippen molar-refractivity contribution in [3.05, 3.63) is 39.9 Å². The Hall–Kier alpha value is -1.95. The summed E-state index contributed by atoms with van der Waals surface area (Å²) >= 11 is 0. The van der Waals surface area contributed by atoms with Crippen molar-refractivity contribution in [2.75, 3.05) is 14.1 Å². The van der Waals surface area contributed by atoms with Crippen LogP contribution < -0.4 is 5.32 Å². The molecule has 0 radical (unpaired) electrons. The maximum absolute atomic E-state index is 11.5. The number of nitro groups is 1. The molecule has 0 aromatic heterocycles. The van der Waals surface area contributed by atoms with Gasteiger partial charge >= 0.3 is 0 Å². The molecule has 1 N–H and O–H groups in total. The lowest BCUT2D eigenvalue weighted by atomic mass is 9.76. The summed E-state index contributed by atoms with van der Waals surface area (Å²) < 4.78 is 0. The third kappa shape index (κ3) is 4.07. The topological polar surface area (TPSA) is 75.5 Å². The van der Waals surface area contributed by atoms with Crippen LogP contribution in [0.15, 0.2) is 24.3 Å². The van der Waals surface area contributed by atoms with E-state index in [1.54, 1.807) is 12.1 Å². The zero-order chi connectivity index (χ0) is 17.0. The number of nitro benzene ring substituents is 1. The summed E-state index contributed by atoms with van der Waals surface area (Å²) in [7, 11) is 3.89. The Morgan fingerprint density at radius 2 is 1.96 bits per heavy atom. The number of nitrogens with zero attached hydrogens (tertiary/aromatic N) is 2. The first kappa shape index (κ1) is 17.4. The van der Waals surface area contributed by atoms with E-state index in [1.807, 2.05) is 31.1 Å². The summed E-state index contributed by atoms with van der Waals surface area (Å²) in [5.74, 6) is 0.130. The zero-order valence-electron chi connectivity index (χ0n) is 14.0. The Balaban J connectivity index is 2.41. The molecule has 0 aliphatic heterocycles. The molecule has 1 unspecified atom stereocenters. The fraction of sp³-hybridized carbons (Fsp3) is 0.588. The highest BCUT2D eigenvalue weighted by atomic mass is 16.6. The number of benzene rings is 1. The Morgan fingerprint density at radius 1 is 1.30 bits per heavy atom. The van der Waals surface area contributed by atoms with Crippen LogP contribution in [-0.2, 0) is 4.79 Å². The quantitative estimate of drug-likeness (QED) is 0.669. The third-order valence-electron chi connectivity index (χ3n) is 4.62. The first-order chi connectivity index (χ1) is 10.9. The number of nitrogens with one attached hydrogen (secondary N) is 1. The molecular formula is C17H25N3O3. The van der Waals surface area contributed by atoms with E-state index in [0.717, 1.165) is 31.2 Å². The van der Waals surface area contributed by atoms with E-state index in [1.165, 1.54) is 6.92 Å². The summed E-state index contributed by atoms with van der Waals surface area (Å²) in [5.41, 5.74) is 0.878. The minimum atomic E-state index is -0.317. The van der Waals surface area contributed by atoms with Gasteiger partial charge in [-0.05, 0) is 32.9 Å². The highest BCUT2D eigenvalue weighted by Gasteiger charge is 2.37. The molecule has 0 spiro atoms. The molecule has 3 atom stereocenters. The summed E-state index contributed by atoms with van der Waals surface area (Å²) in [6, 6.07) is 6.90.